The fraction of sp³-hybridized carbons (Fsp3) is 0.409. The molecular formula is C22H25N5O5S. The van der Waals surface area contributed by atoms with Gasteiger partial charge < -0.3 is 15.2 Å². The number of pyridine rings is 1. The highest BCUT2D eigenvalue weighted by Gasteiger charge is 2.30. The van der Waals surface area contributed by atoms with Crippen LogP contribution in [0, 0.1) is 0 Å². The number of sulfonamides is 1. The Balaban J connectivity index is 1.60. The third-order valence-electron chi connectivity index (χ3n) is 6.02. The van der Waals surface area contributed by atoms with E-state index >= 15 is 0 Å². The number of nitrogen functional groups attached to an aromatic ring is 1. The van der Waals surface area contributed by atoms with E-state index in [4.69, 9.17) is 15.2 Å². The van der Waals surface area contributed by atoms with Crippen LogP contribution < -0.4 is 20.8 Å². The predicted molar refractivity (Wildman–Crippen MR) is 123 cm³/mol. The molecule has 3 aromatic rings. The summed E-state index contributed by atoms with van der Waals surface area (Å²) in [5.41, 5.74) is 7.57. The Morgan fingerprint density at radius 1 is 1.15 bits per heavy atom. The molecule has 5 rings (SSSR count). The molecule has 33 heavy (non-hydrogen) atoms. The summed E-state index contributed by atoms with van der Waals surface area (Å²) in [6, 6.07) is 6.57. The summed E-state index contributed by atoms with van der Waals surface area (Å²) in [6.07, 6.45) is 4.53. The molecule has 10 nitrogen and oxygen atoms in total. The van der Waals surface area contributed by atoms with Crippen molar-refractivity contribution < 1.29 is 17.9 Å². The number of methoxy groups -OCH3 is 1. The zero-order valence-corrected chi connectivity index (χ0v) is 19.0. The highest BCUT2D eigenvalue weighted by molar-refractivity contribution is 7.89. The molecule has 2 fully saturated rings. The molecule has 3 N–H and O–H groups in total. The minimum Gasteiger partial charge on any atom is -0.480 e. The van der Waals surface area contributed by atoms with Crippen LogP contribution in [-0.2, 0) is 14.8 Å². The summed E-state index contributed by atoms with van der Waals surface area (Å²) in [6.45, 7) is 1.14. The van der Waals surface area contributed by atoms with Crippen LogP contribution in [-0.4, -0.2) is 49.3 Å². The van der Waals surface area contributed by atoms with Gasteiger partial charge in [-0.15, -0.1) is 0 Å². The van der Waals surface area contributed by atoms with Gasteiger partial charge in [0.25, 0.3) is 5.56 Å². The van der Waals surface area contributed by atoms with Crippen molar-refractivity contribution in [2.75, 3.05) is 26.1 Å². The summed E-state index contributed by atoms with van der Waals surface area (Å²) in [5.74, 6) is 0.196. The third-order valence-corrected chi connectivity index (χ3v) is 7.53. The molecule has 0 radical (unpaired) electrons. The molecule has 1 saturated heterocycles. The second kappa shape index (κ2) is 8.40. The molecule has 1 aliphatic carbocycles. The lowest BCUT2D eigenvalue weighted by Gasteiger charge is -2.25. The molecule has 0 unspecified atom stereocenters. The maximum Gasteiger partial charge on any atom is 0.263 e. The summed E-state index contributed by atoms with van der Waals surface area (Å²) >= 11 is 0. The first kappa shape index (κ1) is 21.8. The molecule has 174 valence electrons. The summed E-state index contributed by atoms with van der Waals surface area (Å²) in [5, 5.41) is 0.407. The van der Waals surface area contributed by atoms with E-state index < -0.39 is 10.0 Å². The number of hydrogen-bond donors (Lipinski definition) is 2. The van der Waals surface area contributed by atoms with Gasteiger partial charge in [0.15, 0.2) is 0 Å². The lowest BCUT2D eigenvalue weighted by Crippen LogP contribution is -2.31. The average Bonchev–Trinajstić information content (AvgIpc) is 3.62. The molecule has 0 amide bonds. The van der Waals surface area contributed by atoms with Crippen LogP contribution in [0.15, 0.2) is 40.2 Å². The van der Waals surface area contributed by atoms with Gasteiger partial charge in [-0.2, -0.15) is 0 Å². The first-order valence-electron chi connectivity index (χ1n) is 10.8. The number of anilines is 1. The number of benzene rings is 1. The van der Waals surface area contributed by atoms with Gasteiger partial charge in [0.1, 0.15) is 4.90 Å². The number of nitrogens with zero attached hydrogens (tertiary/aromatic N) is 3. The van der Waals surface area contributed by atoms with Crippen LogP contribution in [0.2, 0.25) is 0 Å². The summed E-state index contributed by atoms with van der Waals surface area (Å²) in [4.78, 5) is 21.9. The number of aromatic nitrogens is 3. The van der Waals surface area contributed by atoms with E-state index in [0.29, 0.717) is 48.1 Å². The van der Waals surface area contributed by atoms with Crippen molar-refractivity contribution in [2.45, 2.75) is 42.7 Å². The summed E-state index contributed by atoms with van der Waals surface area (Å²) in [7, 11) is -2.41. The number of ether oxygens (including phenoxy) is 2. The van der Waals surface area contributed by atoms with Crippen molar-refractivity contribution in [3.63, 3.8) is 0 Å². The van der Waals surface area contributed by atoms with Crippen LogP contribution in [0.1, 0.15) is 31.7 Å². The Labute approximate surface area is 190 Å². The predicted octanol–water partition coefficient (Wildman–Crippen LogP) is 1.84. The average molecular weight is 472 g/mol. The normalized spacial score (nSPS) is 17.4. The first-order chi connectivity index (χ1) is 15.9. The molecular weight excluding hydrogens is 446 g/mol. The van der Waals surface area contributed by atoms with Crippen LogP contribution in [0.5, 0.6) is 5.88 Å². The van der Waals surface area contributed by atoms with Crippen molar-refractivity contribution in [1.82, 2.24) is 19.3 Å². The van der Waals surface area contributed by atoms with Crippen LogP contribution in [0.25, 0.3) is 22.0 Å². The molecule has 2 aliphatic rings. The molecule has 0 atom stereocenters. The Morgan fingerprint density at radius 2 is 1.91 bits per heavy atom. The zero-order valence-electron chi connectivity index (χ0n) is 18.2. The maximum absolute atomic E-state index is 13.3. The van der Waals surface area contributed by atoms with Crippen molar-refractivity contribution in [2.24, 2.45) is 0 Å². The molecule has 1 saturated carbocycles. The highest BCUT2D eigenvalue weighted by atomic mass is 32.2. The van der Waals surface area contributed by atoms with Gasteiger partial charge in [-0.25, -0.2) is 23.1 Å². The number of nitrogens with one attached hydrogen (secondary N) is 1. The van der Waals surface area contributed by atoms with Crippen molar-refractivity contribution in [3.8, 4) is 17.0 Å². The molecule has 1 aliphatic heterocycles. The Morgan fingerprint density at radius 3 is 2.61 bits per heavy atom. The van der Waals surface area contributed by atoms with E-state index in [-0.39, 0.29) is 34.4 Å². The Bertz CT molecular complexity index is 1380. The second-order valence-electron chi connectivity index (χ2n) is 8.35. The maximum atomic E-state index is 13.3. The monoisotopic (exact) mass is 471 g/mol. The fourth-order valence-electron chi connectivity index (χ4n) is 4.11. The second-order valence-corrected chi connectivity index (χ2v) is 10.0. The largest absolute Gasteiger partial charge is 0.480 e. The standard InChI is InChI=1S/C22H25N5O5S/c1-31-20-19(33(29,30)26-15-3-4-15)11-14(12-24-20)13-2-5-18-17(10-13)21(28)27(22(23)25-18)16-6-8-32-9-7-16/h2,5,10-12,15-16,26H,3-4,6-9H2,1H3,(H2,23,25). The van der Waals surface area contributed by atoms with Crippen molar-refractivity contribution in [1.29, 1.82) is 0 Å². The topological polar surface area (TPSA) is 138 Å². The van der Waals surface area contributed by atoms with Gasteiger partial charge in [-0.05, 0) is 49.4 Å². The quantitative estimate of drug-likeness (QED) is 0.555. The van der Waals surface area contributed by atoms with Crippen molar-refractivity contribution in [3.05, 3.63) is 40.8 Å². The van der Waals surface area contributed by atoms with Crippen LogP contribution >= 0.6 is 0 Å². The van der Waals surface area contributed by atoms with E-state index in [0.717, 1.165) is 12.8 Å². The molecule has 1 aromatic carbocycles. The van der Waals surface area contributed by atoms with Gasteiger partial charge in [-0.1, -0.05) is 6.07 Å². The third kappa shape index (κ3) is 4.19. The smallest absolute Gasteiger partial charge is 0.263 e. The van der Waals surface area contributed by atoms with E-state index in [1.54, 1.807) is 18.2 Å². The van der Waals surface area contributed by atoms with Crippen LogP contribution in [0.3, 0.4) is 0 Å². The highest BCUT2D eigenvalue weighted by Crippen LogP contribution is 2.31. The minimum atomic E-state index is -3.79. The number of fused-ring (bicyclic) bond motifs is 1. The first-order valence-corrected chi connectivity index (χ1v) is 12.3. The lowest BCUT2D eigenvalue weighted by molar-refractivity contribution is 0.0692. The van der Waals surface area contributed by atoms with Gasteiger partial charge in [-0.3, -0.25) is 9.36 Å². The molecule has 0 bridgehead atoms. The van der Waals surface area contributed by atoms with Gasteiger partial charge in [0.2, 0.25) is 21.9 Å². The minimum absolute atomic E-state index is 0.0176. The Hall–Kier alpha value is -3.02. The van der Waals surface area contributed by atoms with E-state index in [9.17, 15) is 13.2 Å². The Kier molecular flexibility index (Phi) is 5.55. The fourth-order valence-corrected chi connectivity index (χ4v) is 5.56. The van der Waals surface area contributed by atoms with Gasteiger partial charge in [0.05, 0.1) is 18.0 Å². The van der Waals surface area contributed by atoms with Gasteiger partial charge >= 0.3 is 0 Å². The summed E-state index contributed by atoms with van der Waals surface area (Å²) < 4.78 is 40.5. The van der Waals surface area contributed by atoms with E-state index in [2.05, 4.69) is 14.7 Å². The number of nitrogens with two attached hydrogens (primary N) is 1. The lowest BCUT2D eigenvalue weighted by atomic mass is 10.0. The molecule has 2 aromatic heterocycles. The molecule has 3 heterocycles. The zero-order chi connectivity index (χ0) is 23.2. The molecule has 0 spiro atoms. The van der Waals surface area contributed by atoms with E-state index in [1.807, 2.05) is 0 Å². The van der Waals surface area contributed by atoms with Crippen LogP contribution in [0.4, 0.5) is 5.95 Å². The molecule has 11 heteroatoms. The number of hydrogen-bond acceptors (Lipinski definition) is 8. The van der Waals surface area contributed by atoms with Gasteiger partial charge in [0, 0.05) is 37.1 Å². The SMILES string of the molecule is COc1ncc(-c2ccc3nc(N)n(C4CCOCC4)c(=O)c3c2)cc1S(=O)(=O)NC1CC1. The number of rotatable bonds is 6. The van der Waals surface area contributed by atoms with E-state index in [1.165, 1.54) is 23.9 Å². The van der Waals surface area contributed by atoms with Crippen molar-refractivity contribution >= 4 is 26.9 Å².